The van der Waals surface area contributed by atoms with E-state index in [1.54, 1.807) is 19.1 Å². The van der Waals surface area contributed by atoms with E-state index in [1.807, 2.05) is 32.9 Å². The number of amides is 2. The second-order valence-corrected chi connectivity index (χ2v) is 11.2. The van der Waals surface area contributed by atoms with Crippen molar-refractivity contribution in [3.8, 4) is 0 Å². The van der Waals surface area contributed by atoms with Gasteiger partial charge in [-0.15, -0.1) is 0 Å². The standard InChI is InChI=1S/C26H34F3N3O4S/c1-6-23(25(34)30-15-18(2)3)31(16-20-11-8-7-10-19(20)4)24(33)17-32(37(5,35)36)22-13-9-12-21(14-22)26(27,28)29/h7-14,18,23H,6,15-17H2,1-5H3,(H,30,34). The van der Waals surface area contributed by atoms with Crippen LogP contribution in [-0.2, 0) is 32.3 Å². The minimum atomic E-state index is -4.69. The van der Waals surface area contributed by atoms with Crippen molar-refractivity contribution in [2.24, 2.45) is 5.92 Å². The Balaban J connectivity index is 2.49. The summed E-state index contributed by atoms with van der Waals surface area (Å²) < 4.78 is 65.7. The number of halogens is 3. The van der Waals surface area contributed by atoms with Crippen LogP contribution in [0.3, 0.4) is 0 Å². The Morgan fingerprint density at radius 3 is 2.24 bits per heavy atom. The summed E-state index contributed by atoms with van der Waals surface area (Å²) in [6.07, 6.45) is -3.62. The predicted molar refractivity (Wildman–Crippen MR) is 137 cm³/mol. The smallest absolute Gasteiger partial charge is 0.354 e. The summed E-state index contributed by atoms with van der Waals surface area (Å²) in [5.74, 6) is -0.927. The molecule has 7 nitrogen and oxygen atoms in total. The first kappa shape index (κ1) is 30.1. The fraction of sp³-hybridized carbons (Fsp3) is 0.462. The van der Waals surface area contributed by atoms with Crippen LogP contribution in [0.5, 0.6) is 0 Å². The second-order valence-electron chi connectivity index (χ2n) is 9.33. The van der Waals surface area contributed by atoms with Gasteiger partial charge in [0.05, 0.1) is 17.5 Å². The Hall–Kier alpha value is -3.08. The van der Waals surface area contributed by atoms with Crippen LogP contribution in [0.25, 0.3) is 0 Å². The largest absolute Gasteiger partial charge is 0.416 e. The summed E-state index contributed by atoms with van der Waals surface area (Å²) in [5.41, 5.74) is 0.299. The maximum Gasteiger partial charge on any atom is 0.416 e. The van der Waals surface area contributed by atoms with Gasteiger partial charge >= 0.3 is 6.18 Å². The van der Waals surface area contributed by atoms with Gasteiger partial charge in [0.1, 0.15) is 12.6 Å². The van der Waals surface area contributed by atoms with Crippen LogP contribution in [0.1, 0.15) is 43.9 Å². The molecule has 0 aliphatic carbocycles. The van der Waals surface area contributed by atoms with Gasteiger partial charge in [-0.05, 0) is 48.6 Å². The first-order valence-electron chi connectivity index (χ1n) is 11.9. The maximum absolute atomic E-state index is 13.6. The predicted octanol–water partition coefficient (Wildman–Crippen LogP) is 4.36. The van der Waals surface area contributed by atoms with Gasteiger partial charge in [-0.3, -0.25) is 13.9 Å². The normalized spacial score (nSPS) is 12.8. The quantitative estimate of drug-likeness (QED) is 0.458. The average Bonchev–Trinajstić information content (AvgIpc) is 2.80. The third-order valence-electron chi connectivity index (χ3n) is 5.81. The number of benzene rings is 2. The Labute approximate surface area is 216 Å². The van der Waals surface area contributed by atoms with Crippen LogP contribution in [-0.4, -0.2) is 50.5 Å². The van der Waals surface area contributed by atoms with Crippen molar-refractivity contribution >= 4 is 27.5 Å². The number of sulfonamides is 1. The molecule has 1 atom stereocenters. The average molecular weight is 542 g/mol. The third kappa shape index (κ3) is 8.48. The molecule has 2 aromatic carbocycles. The van der Waals surface area contributed by atoms with E-state index in [1.165, 1.54) is 11.0 Å². The lowest BCUT2D eigenvalue weighted by molar-refractivity contribution is -0.140. The lowest BCUT2D eigenvalue weighted by atomic mass is 10.1. The molecule has 0 heterocycles. The monoisotopic (exact) mass is 541 g/mol. The van der Waals surface area contributed by atoms with E-state index in [2.05, 4.69) is 5.32 Å². The highest BCUT2D eigenvalue weighted by atomic mass is 32.2. The lowest BCUT2D eigenvalue weighted by Crippen LogP contribution is -2.52. The summed E-state index contributed by atoms with van der Waals surface area (Å²) in [5, 5.41) is 2.82. The molecule has 2 aromatic rings. The van der Waals surface area contributed by atoms with Crippen LogP contribution in [0.15, 0.2) is 48.5 Å². The number of aryl methyl sites for hydroxylation is 1. The number of alkyl halides is 3. The minimum absolute atomic E-state index is 0.0271. The van der Waals surface area contributed by atoms with Crippen LogP contribution in [0.4, 0.5) is 18.9 Å². The van der Waals surface area contributed by atoms with Gasteiger partial charge in [0.15, 0.2) is 0 Å². The van der Waals surface area contributed by atoms with E-state index in [0.717, 1.165) is 29.5 Å². The molecule has 0 radical (unpaired) electrons. The van der Waals surface area contributed by atoms with E-state index in [9.17, 15) is 31.2 Å². The number of carbonyl (C=O) groups is 2. The molecule has 37 heavy (non-hydrogen) atoms. The van der Waals surface area contributed by atoms with Gasteiger partial charge in [-0.25, -0.2) is 8.42 Å². The van der Waals surface area contributed by atoms with Crippen LogP contribution >= 0.6 is 0 Å². The fourth-order valence-electron chi connectivity index (χ4n) is 3.76. The molecule has 0 aromatic heterocycles. The van der Waals surface area contributed by atoms with Crippen molar-refractivity contribution < 1.29 is 31.2 Å². The molecule has 2 amide bonds. The number of hydrogen-bond donors (Lipinski definition) is 1. The summed E-state index contributed by atoms with van der Waals surface area (Å²) in [4.78, 5) is 28.0. The molecule has 1 N–H and O–H groups in total. The maximum atomic E-state index is 13.6. The van der Waals surface area contributed by atoms with Gasteiger partial charge in [-0.1, -0.05) is 51.1 Å². The van der Waals surface area contributed by atoms with Crippen molar-refractivity contribution in [3.63, 3.8) is 0 Å². The van der Waals surface area contributed by atoms with E-state index in [4.69, 9.17) is 0 Å². The summed E-state index contributed by atoms with van der Waals surface area (Å²) in [7, 11) is -4.15. The van der Waals surface area contributed by atoms with Crippen molar-refractivity contribution in [2.45, 2.75) is 52.9 Å². The van der Waals surface area contributed by atoms with Gasteiger partial charge in [0.2, 0.25) is 21.8 Å². The first-order valence-corrected chi connectivity index (χ1v) is 13.8. The zero-order valence-corrected chi connectivity index (χ0v) is 22.5. The molecular formula is C26H34F3N3O4S. The number of rotatable bonds is 11. The highest BCUT2D eigenvalue weighted by Crippen LogP contribution is 2.32. The number of nitrogens with one attached hydrogen (secondary N) is 1. The summed E-state index contributed by atoms with van der Waals surface area (Å²) in [6.45, 7) is 7.09. The molecule has 0 aliphatic heterocycles. The molecule has 2 rings (SSSR count). The molecule has 0 fully saturated rings. The van der Waals surface area contributed by atoms with E-state index >= 15 is 0 Å². The number of hydrogen-bond acceptors (Lipinski definition) is 4. The fourth-order valence-corrected chi connectivity index (χ4v) is 4.61. The SMILES string of the molecule is CCC(C(=O)NCC(C)C)N(Cc1ccccc1C)C(=O)CN(c1cccc(C(F)(F)F)c1)S(C)(=O)=O. The summed E-state index contributed by atoms with van der Waals surface area (Å²) in [6, 6.07) is 10.1. The molecule has 0 bridgehead atoms. The summed E-state index contributed by atoms with van der Waals surface area (Å²) >= 11 is 0. The van der Waals surface area contributed by atoms with E-state index in [0.29, 0.717) is 16.9 Å². The van der Waals surface area contributed by atoms with Crippen molar-refractivity contribution in [3.05, 3.63) is 65.2 Å². The number of nitrogens with zero attached hydrogens (tertiary/aromatic N) is 2. The Morgan fingerprint density at radius 2 is 1.70 bits per heavy atom. The van der Waals surface area contributed by atoms with Gasteiger partial charge in [-0.2, -0.15) is 13.2 Å². The van der Waals surface area contributed by atoms with Gasteiger partial charge in [0, 0.05) is 13.1 Å². The van der Waals surface area contributed by atoms with Crippen molar-refractivity contribution in [1.82, 2.24) is 10.2 Å². The van der Waals surface area contributed by atoms with E-state index < -0.39 is 40.3 Å². The molecule has 0 spiro atoms. The Morgan fingerprint density at radius 1 is 1.05 bits per heavy atom. The van der Waals surface area contributed by atoms with Crippen molar-refractivity contribution in [2.75, 3.05) is 23.7 Å². The molecule has 0 saturated heterocycles. The molecule has 0 aliphatic rings. The first-order chi connectivity index (χ1) is 17.1. The van der Waals surface area contributed by atoms with Crippen LogP contribution in [0.2, 0.25) is 0 Å². The second kappa shape index (κ2) is 12.4. The van der Waals surface area contributed by atoms with Crippen LogP contribution in [0, 0.1) is 12.8 Å². The highest BCUT2D eigenvalue weighted by molar-refractivity contribution is 7.92. The third-order valence-corrected chi connectivity index (χ3v) is 6.95. The highest BCUT2D eigenvalue weighted by Gasteiger charge is 2.34. The van der Waals surface area contributed by atoms with E-state index in [-0.39, 0.29) is 30.5 Å². The zero-order chi connectivity index (χ0) is 28.0. The van der Waals surface area contributed by atoms with Crippen LogP contribution < -0.4 is 9.62 Å². The Kier molecular flexibility index (Phi) is 10.1. The molecule has 11 heteroatoms. The minimum Gasteiger partial charge on any atom is -0.354 e. The van der Waals surface area contributed by atoms with Gasteiger partial charge < -0.3 is 10.2 Å². The molecule has 204 valence electrons. The lowest BCUT2D eigenvalue weighted by Gasteiger charge is -2.33. The molecule has 0 saturated carbocycles. The Bertz CT molecular complexity index is 1200. The molecular weight excluding hydrogens is 507 g/mol. The topological polar surface area (TPSA) is 86.8 Å². The van der Waals surface area contributed by atoms with Gasteiger partial charge in [0.25, 0.3) is 0 Å². The number of anilines is 1. The zero-order valence-electron chi connectivity index (χ0n) is 21.7. The molecule has 1 unspecified atom stereocenters. The number of carbonyl (C=O) groups excluding carboxylic acids is 2. The van der Waals surface area contributed by atoms with Crippen molar-refractivity contribution in [1.29, 1.82) is 0 Å².